The average Bonchev–Trinajstić information content (AvgIpc) is 1.94. The van der Waals surface area contributed by atoms with Crippen LogP contribution in [0.3, 0.4) is 0 Å². The highest BCUT2D eigenvalue weighted by Gasteiger charge is 2.25. The minimum atomic E-state index is 0.617. The lowest BCUT2D eigenvalue weighted by Crippen LogP contribution is -2.60. The number of rotatable bonds is 1. The molecule has 1 saturated heterocycles. The largest absolute Gasteiger partial charge is 0.311 e. The van der Waals surface area contributed by atoms with E-state index in [0.717, 1.165) is 12.5 Å². The summed E-state index contributed by atoms with van der Waals surface area (Å²) in [6.45, 7) is 10.1. The van der Waals surface area contributed by atoms with Gasteiger partial charge >= 0.3 is 0 Å². The Balaban J connectivity index is 2.47. The van der Waals surface area contributed by atoms with Crippen molar-refractivity contribution in [1.82, 2.24) is 10.6 Å². The monoisotopic (exact) mass is 156 g/mol. The SMILES string of the molecule is CC1CNC(C)C(C(C)C)N1. The van der Waals surface area contributed by atoms with Crippen molar-refractivity contribution in [2.75, 3.05) is 6.54 Å². The first-order valence-corrected chi connectivity index (χ1v) is 4.60. The van der Waals surface area contributed by atoms with Crippen LogP contribution in [0.1, 0.15) is 27.7 Å². The van der Waals surface area contributed by atoms with E-state index in [2.05, 4.69) is 38.3 Å². The molecule has 1 heterocycles. The molecule has 2 heteroatoms. The molecule has 0 radical (unpaired) electrons. The Labute approximate surface area is 69.8 Å². The molecular formula is C9H20N2. The number of nitrogens with one attached hydrogen (secondary N) is 2. The molecule has 0 aromatic carbocycles. The van der Waals surface area contributed by atoms with Crippen LogP contribution in [-0.4, -0.2) is 24.7 Å². The first-order chi connectivity index (χ1) is 5.11. The van der Waals surface area contributed by atoms with Crippen LogP contribution in [-0.2, 0) is 0 Å². The van der Waals surface area contributed by atoms with Gasteiger partial charge in [0.05, 0.1) is 0 Å². The van der Waals surface area contributed by atoms with Gasteiger partial charge in [-0.1, -0.05) is 13.8 Å². The van der Waals surface area contributed by atoms with Crippen LogP contribution >= 0.6 is 0 Å². The molecule has 11 heavy (non-hydrogen) atoms. The van der Waals surface area contributed by atoms with Crippen molar-refractivity contribution in [2.45, 2.75) is 45.8 Å². The summed E-state index contributed by atoms with van der Waals surface area (Å²) in [6, 6.07) is 1.88. The third-order valence-corrected chi connectivity index (χ3v) is 2.48. The van der Waals surface area contributed by atoms with E-state index in [1.807, 2.05) is 0 Å². The van der Waals surface area contributed by atoms with Crippen molar-refractivity contribution >= 4 is 0 Å². The van der Waals surface area contributed by atoms with E-state index in [4.69, 9.17) is 0 Å². The highest BCUT2D eigenvalue weighted by Crippen LogP contribution is 2.10. The summed E-state index contributed by atoms with van der Waals surface area (Å²) in [6.07, 6.45) is 0. The maximum atomic E-state index is 3.60. The van der Waals surface area contributed by atoms with Gasteiger partial charge in [0.2, 0.25) is 0 Å². The molecule has 1 aliphatic heterocycles. The van der Waals surface area contributed by atoms with Crippen molar-refractivity contribution in [2.24, 2.45) is 5.92 Å². The van der Waals surface area contributed by atoms with Gasteiger partial charge in [0.25, 0.3) is 0 Å². The Morgan fingerprint density at radius 3 is 2.36 bits per heavy atom. The molecule has 66 valence electrons. The molecule has 2 N–H and O–H groups in total. The Morgan fingerprint density at radius 2 is 1.91 bits per heavy atom. The first-order valence-electron chi connectivity index (χ1n) is 4.60. The van der Waals surface area contributed by atoms with Gasteiger partial charge in [-0.05, 0) is 19.8 Å². The van der Waals surface area contributed by atoms with Gasteiger partial charge in [-0.25, -0.2) is 0 Å². The second-order valence-electron chi connectivity index (χ2n) is 4.03. The van der Waals surface area contributed by atoms with Gasteiger partial charge in [-0.3, -0.25) is 0 Å². The van der Waals surface area contributed by atoms with Gasteiger partial charge in [0.15, 0.2) is 0 Å². The fourth-order valence-electron chi connectivity index (χ4n) is 1.79. The molecule has 3 atom stereocenters. The molecule has 1 fully saturated rings. The van der Waals surface area contributed by atoms with Gasteiger partial charge in [-0.2, -0.15) is 0 Å². The number of piperazine rings is 1. The summed E-state index contributed by atoms with van der Waals surface area (Å²) in [5.41, 5.74) is 0. The van der Waals surface area contributed by atoms with E-state index >= 15 is 0 Å². The van der Waals surface area contributed by atoms with E-state index in [1.54, 1.807) is 0 Å². The summed E-state index contributed by atoms with van der Waals surface area (Å²) < 4.78 is 0. The zero-order valence-corrected chi connectivity index (χ0v) is 8.02. The van der Waals surface area contributed by atoms with Gasteiger partial charge in [-0.15, -0.1) is 0 Å². The Kier molecular flexibility index (Phi) is 2.90. The number of hydrogen-bond acceptors (Lipinski definition) is 2. The van der Waals surface area contributed by atoms with Crippen molar-refractivity contribution in [3.05, 3.63) is 0 Å². The lowest BCUT2D eigenvalue weighted by molar-refractivity contribution is 0.240. The summed E-state index contributed by atoms with van der Waals surface area (Å²) in [5, 5.41) is 7.10. The lowest BCUT2D eigenvalue weighted by atomic mass is 9.94. The van der Waals surface area contributed by atoms with Crippen molar-refractivity contribution in [3.8, 4) is 0 Å². The fraction of sp³-hybridized carbons (Fsp3) is 1.00. The lowest BCUT2D eigenvalue weighted by Gasteiger charge is -2.37. The van der Waals surface area contributed by atoms with Gasteiger partial charge in [0.1, 0.15) is 0 Å². The molecule has 0 aromatic heterocycles. The highest BCUT2D eigenvalue weighted by atomic mass is 15.1. The Morgan fingerprint density at radius 1 is 1.27 bits per heavy atom. The molecule has 0 amide bonds. The molecule has 3 unspecified atom stereocenters. The second kappa shape index (κ2) is 3.55. The topological polar surface area (TPSA) is 24.1 Å². The predicted octanol–water partition coefficient (Wildman–Crippen LogP) is 0.981. The number of hydrogen-bond donors (Lipinski definition) is 2. The van der Waals surface area contributed by atoms with E-state index in [0.29, 0.717) is 18.1 Å². The van der Waals surface area contributed by atoms with Crippen LogP contribution in [0.2, 0.25) is 0 Å². The van der Waals surface area contributed by atoms with Crippen LogP contribution in [0, 0.1) is 5.92 Å². The minimum absolute atomic E-state index is 0.617. The summed E-state index contributed by atoms with van der Waals surface area (Å²) in [5.74, 6) is 0.722. The fourth-order valence-corrected chi connectivity index (χ4v) is 1.79. The minimum Gasteiger partial charge on any atom is -0.311 e. The summed E-state index contributed by atoms with van der Waals surface area (Å²) in [7, 11) is 0. The predicted molar refractivity (Wildman–Crippen MR) is 48.7 cm³/mol. The third kappa shape index (κ3) is 2.17. The molecule has 1 rings (SSSR count). The molecule has 0 saturated carbocycles. The van der Waals surface area contributed by atoms with Gasteiger partial charge in [0, 0.05) is 24.7 Å². The van der Waals surface area contributed by atoms with E-state index in [-0.39, 0.29) is 0 Å². The van der Waals surface area contributed by atoms with Crippen molar-refractivity contribution < 1.29 is 0 Å². The van der Waals surface area contributed by atoms with E-state index in [1.165, 1.54) is 0 Å². The first kappa shape index (κ1) is 9.01. The summed E-state index contributed by atoms with van der Waals surface area (Å²) >= 11 is 0. The smallest absolute Gasteiger partial charge is 0.0244 e. The van der Waals surface area contributed by atoms with Crippen molar-refractivity contribution in [3.63, 3.8) is 0 Å². The quantitative estimate of drug-likeness (QED) is 0.591. The van der Waals surface area contributed by atoms with Crippen LogP contribution in [0.4, 0.5) is 0 Å². The van der Waals surface area contributed by atoms with Crippen LogP contribution in [0.5, 0.6) is 0 Å². The molecule has 0 bridgehead atoms. The average molecular weight is 156 g/mol. The second-order valence-corrected chi connectivity index (χ2v) is 4.03. The molecule has 2 nitrogen and oxygen atoms in total. The van der Waals surface area contributed by atoms with Crippen molar-refractivity contribution in [1.29, 1.82) is 0 Å². The zero-order chi connectivity index (χ0) is 8.43. The van der Waals surface area contributed by atoms with Gasteiger partial charge < -0.3 is 10.6 Å². The molecule has 0 spiro atoms. The molecule has 0 aliphatic carbocycles. The normalized spacial score (nSPS) is 39.5. The molecule has 1 aliphatic rings. The zero-order valence-electron chi connectivity index (χ0n) is 8.02. The third-order valence-electron chi connectivity index (χ3n) is 2.48. The standard InChI is InChI=1S/C9H20N2/c1-6(2)9-8(4)10-5-7(3)11-9/h6-11H,5H2,1-4H3. The van der Waals surface area contributed by atoms with E-state index < -0.39 is 0 Å². The Bertz CT molecular complexity index is 123. The maximum absolute atomic E-state index is 3.60. The highest BCUT2D eigenvalue weighted by molar-refractivity contribution is 4.89. The molecule has 0 aromatic rings. The molecular weight excluding hydrogens is 136 g/mol. The van der Waals surface area contributed by atoms with Crippen LogP contribution in [0.25, 0.3) is 0 Å². The summed E-state index contributed by atoms with van der Waals surface area (Å²) in [4.78, 5) is 0. The van der Waals surface area contributed by atoms with Crippen LogP contribution in [0.15, 0.2) is 0 Å². The van der Waals surface area contributed by atoms with Crippen LogP contribution < -0.4 is 10.6 Å². The Hall–Kier alpha value is -0.0800. The van der Waals surface area contributed by atoms with E-state index in [9.17, 15) is 0 Å². The maximum Gasteiger partial charge on any atom is 0.0244 e.